The molecule has 2 aliphatic heterocycles. The number of halogens is 1. The van der Waals surface area contributed by atoms with Crippen LogP contribution >= 0.6 is 12.4 Å². The second-order valence-electron chi connectivity index (χ2n) is 5.29. The molecule has 0 bridgehead atoms. The van der Waals surface area contributed by atoms with Crippen LogP contribution in [0, 0.1) is 5.92 Å². The van der Waals surface area contributed by atoms with Gasteiger partial charge in [0, 0.05) is 13.0 Å². The van der Waals surface area contributed by atoms with E-state index in [1.165, 1.54) is 0 Å². The Bertz CT molecular complexity index is 306. The first-order valence-electron chi connectivity index (χ1n) is 7.03. The van der Waals surface area contributed by atoms with Crippen LogP contribution in [0.25, 0.3) is 0 Å². The summed E-state index contributed by atoms with van der Waals surface area (Å²) in [6.45, 7) is 2.87. The van der Waals surface area contributed by atoms with E-state index >= 15 is 0 Å². The van der Waals surface area contributed by atoms with Gasteiger partial charge in [-0.25, -0.2) is 0 Å². The number of hydrogen-bond donors (Lipinski definition) is 3. The molecule has 110 valence electrons. The van der Waals surface area contributed by atoms with Gasteiger partial charge in [-0.2, -0.15) is 0 Å². The zero-order valence-electron chi connectivity index (χ0n) is 11.2. The molecule has 0 saturated carbocycles. The summed E-state index contributed by atoms with van der Waals surface area (Å²) in [4.78, 5) is 23.3. The summed E-state index contributed by atoms with van der Waals surface area (Å²) >= 11 is 0. The number of carbonyl (C=O) groups excluding carboxylic acids is 2. The van der Waals surface area contributed by atoms with E-state index < -0.39 is 0 Å². The molecular formula is C13H24ClN3O2. The van der Waals surface area contributed by atoms with Crippen molar-refractivity contribution in [1.82, 2.24) is 16.0 Å². The van der Waals surface area contributed by atoms with Gasteiger partial charge in [0.05, 0.1) is 0 Å². The Morgan fingerprint density at radius 3 is 2.63 bits per heavy atom. The van der Waals surface area contributed by atoms with Crippen LogP contribution in [0.4, 0.5) is 0 Å². The fraction of sp³-hybridized carbons (Fsp3) is 0.846. The molecule has 0 aromatic rings. The van der Waals surface area contributed by atoms with E-state index in [4.69, 9.17) is 0 Å². The van der Waals surface area contributed by atoms with Crippen LogP contribution in [0.1, 0.15) is 38.5 Å². The van der Waals surface area contributed by atoms with Crippen LogP contribution < -0.4 is 16.0 Å². The third-order valence-corrected chi connectivity index (χ3v) is 3.86. The van der Waals surface area contributed by atoms with Gasteiger partial charge in [0.1, 0.15) is 6.04 Å². The lowest BCUT2D eigenvalue weighted by Gasteiger charge is -2.24. The predicted octanol–water partition coefficient (Wildman–Crippen LogP) is 0.583. The fourth-order valence-electron chi connectivity index (χ4n) is 2.68. The quantitative estimate of drug-likeness (QED) is 0.709. The van der Waals surface area contributed by atoms with Crippen LogP contribution in [0.15, 0.2) is 0 Å². The third kappa shape index (κ3) is 5.37. The normalized spacial score (nSPS) is 24.2. The van der Waals surface area contributed by atoms with E-state index in [2.05, 4.69) is 16.0 Å². The summed E-state index contributed by atoms with van der Waals surface area (Å²) in [5, 5.41) is 8.94. The largest absolute Gasteiger partial charge is 0.354 e. The first-order chi connectivity index (χ1) is 8.75. The number of piperidine rings is 2. The molecule has 0 radical (unpaired) electrons. The molecule has 2 rings (SSSR count). The minimum absolute atomic E-state index is 0. The summed E-state index contributed by atoms with van der Waals surface area (Å²) in [5.41, 5.74) is 0. The molecule has 2 heterocycles. The summed E-state index contributed by atoms with van der Waals surface area (Å²) in [5.74, 6) is 0.657. The van der Waals surface area contributed by atoms with Crippen LogP contribution in [0.5, 0.6) is 0 Å². The number of carbonyl (C=O) groups is 2. The Kier molecular flexibility index (Phi) is 7.16. The molecule has 2 fully saturated rings. The Morgan fingerprint density at radius 1 is 1.21 bits per heavy atom. The second-order valence-corrected chi connectivity index (χ2v) is 5.29. The van der Waals surface area contributed by atoms with Crippen molar-refractivity contribution in [2.24, 2.45) is 5.92 Å². The SMILES string of the molecule is Cl.O=C(CCC1CCNCC1)NC1CCCNC1=O. The summed E-state index contributed by atoms with van der Waals surface area (Å²) in [6.07, 6.45) is 5.54. The Morgan fingerprint density at radius 2 is 1.95 bits per heavy atom. The van der Waals surface area contributed by atoms with Crippen LogP contribution in [0.3, 0.4) is 0 Å². The van der Waals surface area contributed by atoms with Gasteiger partial charge in [-0.1, -0.05) is 0 Å². The highest BCUT2D eigenvalue weighted by Crippen LogP contribution is 2.17. The van der Waals surface area contributed by atoms with Crippen LogP contribution in [-0.2, 0) is 9.59 Å². The molecule has 0 spiro atoms. The monoisotopic (exact) mass is 289 g/mol. The van der Waals surface area contributed by atoms with Crippen molar-refractivity contribution in [3.63, 3.8) is 0 Å². The summed E-state index contributed by atoms with van der Waals surface area (Å²) < 4.78 is 0. The molecule has 2 saturated heterocycles. The Labute approximate surface area is 120 Å². The molecule has 1 unspecified atom stereocenters. The molecule has 2 aliphatic rings. The highest BCUT2D eigenvalue weighted by atomic mass is 35.5. The molecule has 1 atom stereocenters. The van der Waals surface area contributed by atoms with Crippen molar-refractivity contribution in [3.05, 3.63) is 0 Å². The number of rotatable bonds is 4. The highest BCUT2D eigenvalue weighted by Gasteiger charge is 2.23. The third-order valence-electron chi connectivity index (χ3n) is 3.86. The number of amides is 2. The fourth-order valence-corrected chi connectivity index (χ4v) is 2.68. The zero-order valence-corrected chi connectivity index (χ0v) is 12.1. The smallest absolute Gasteiger partial charge is 0.242 e. The topological polar surface area (TPSA) is 70.2 Å². The molecule has 2 amide bonds. The van der Waals surface area contributed by atoms with Gasteiger partial charge in [-0.05, 0) is 51.1 Å². The highest BCUT2D eigenvalue weighted by molar-refractivity contribution is 5.88. The van der Waals surface area contributed by atoms with Gasteiger partial charge >= 0.3 is 0 Å². The molecular weight excluding hydrogens is 266 g/mol. The Hall–Kier alpha value is -0.810. The standard InChI is InChI=1S/C13H23N3O2.ClH/c17-12(4-3-10-5-8-14-9-6-10)16-11-2-1-7-15-13(11)18;/h10-11,14H,1-9H2,(H,15,18)(H,16,17);1H. The maximum Gasteiger partial charge on any atom is 0.242 e. The van der Waals surface area contributed by atoms with Gasteiger partial charge in [0.2, 0.25) is 11.8 Å². The van der Waals surface area contributed by atoms with Crippen molar-refractivity contribution in [3.8, 4) is 0 Å². The van der Waals surface area contributed by atoms with Crippen molar-refractivity contribution in [2.75, 3.05) is 19.6 Å². The van der Waals surface area contributed by atoms with Crippen molar-refractivity contribution in [1.29, 1.82) is 0 Å². The maximum atomic E-state index is 11.8. The molecule has 6 heteroatoms. The predicted molar refractivity (Wildman–Crippen MR) is 76.3 cm³/mol. The van der Waals surface area contributed by atoms with E-state index in [0.29, 0.717) is 12.3 Å². The van der Waals surface area contributed by atoms with Gasteiger partial charge in [-0.15, -0.1) is 12.4 Å². The average Bonchev–Trinajstić information content (AvgIpc) is 2.40. The molecule has 19 heavy (non-hydrogen) atoms. The van der Waals surface area contributed by atoms with E-state index in [-0.39, 0.29) is 30.3 Å². The zero-order chi connectivity index (χ0) is 12.8. The van der Waals surface area contributed by atoms with Crippen LogP contribution in [0.2, 0.25) is 0 Å². The van der Waals surface area contributed by atoms with Gasteiger partial charge in [0.25, 0.3) is 0 Å². The van der Waals surface area contributed by atoms with Gasteiger partial charge < -0.3 is 16.0 Å². The molecule has 0 aromatic heterocycles. The minimum Gasteiger partial charge on any atom is -0.354 e. The molecule has 0 aliphatic carbocycles. The lowest BCUT2D eigenvalue weighted by molar-refractivity contribution is -0.130. The first-order valence-corrected chi connectivity index (χ1v) is 7.03. The summed E-state index contributed by atoms with van der Waals surface area (Å²) in [6, 6.07) is -0.306. The molecule has 5 nitrogen and oxygen atoms in total. The van der Waals surface area contributed by atoms with Crippen molar-refractivity contribution >= 4 is 24.2 Å². The maximum absolute atomic E-state index is 11.8. The lowest BCUT2D eigenvalue weighted by Crippen LogP contribution is -2.50. The average molecular weight is 290 g/mol. The lowest BCUT2D eigenvalue weighted by atomic mass is 9.93. The molecule has 3 N–H and O–H groups in total. The molecule has 0 aromatic carbocycles. The van der Waals surface area contributed by atoms with E-state index in [1.54, 1.807) is 0 Å². The first kappa shape index (κ1) is 16.2. The minimum atomic E-state index is -0.306. The summed E-state index contributed by atoms with van der Waals surface area (Å²) in [7, 11) is 0. The van der Waals surface area contributed by atoms with E-state index in [1.807, 2.05) is 0 Å². The number of hydrogen-bond acceptors (Lipinski definition) is 3. The van der Waals surface area contributed by atoms with E-state index in [9.17, 15) is 9.59 Å². The van der Waals surface area contributed by atoms with Gasteiger partial charge in [-0.3, -0.25) is 9.59 Å². The van der Waals surface area contributed by atoms with Crippen molar-refractivity contribution in [2.45, 2.75) is 44.6 Å². The van der Waals surface area contributed by atoms with Crippen molar-refractivity contribution < 1.29 is 9.59 Å². The number of nitrogens with one attached hydrogen (secondary N) is 3. The van der Waals surface area contributed by atoms with E-state index in [0.717, 1.165) is 51.7 Å². The second kappa shape index (κ2) is 8.38. The Balaban J connectivity index is 0.00000180. The van der Waals surface area contributed by atoms with Crippen LogP contribution in [-0.4, -0.2) is 37.5 Å². The van der Waals surface area contributed by atoms with Gasteiger partial charge in [0.15, 0.2) is 0 Å².